The molecule has 6 heteroatoms. The highest BCUT2D eigenvalue weighted by molar-refractivity contribution is 6.33. The Kier molecular flexibility index (Phi) is 5.81. The zero-order chi connectivity index (χ0) is 18.4. The van der Waals surface area contributed by atoms with E-state index < -0.39 is 0 Å². The number of aromatic nitrogens is 2. The zero-order valence-electron chi connectivity index (χ0n) is 14.4. The van der Waals surface area contributed by atoms with Crippen LogP contribution in [0.25, 0.3) is 11.3 Å². The van der Waals surface area contributed by atoms with Gasteiger partial charge in [-0.2, -0.15) is 0 Å². The second-order valence-corrected chi connectivity index (χ2v) is 6.13. The van der Waals surface area contributed by atoms with Crippen molar-refractivity contribution in [2.24, 2.45) is 0 Å². The van der Waals surface area contributed by atoms with Gasteiger partial charge in [0.2, 0.25) is 0 Å². The molecule has 26 heavy (non-hydrogen) atoms. The average Bonchev–Trinajstić information content (AvgIpc) is 2.68. The summed E-state index contributed by atoms with van der Waals surface area (Å²) >= 11 is 6.28. The van der Waals surface area contributed by atoms with E-state index in [1.165, 1.54) is 0 Å². The minimum atomic E-state index is -0.207. The molecule has 0 fully saturated rings. The molecule has 0 aliphatic carbocycles. The maximum atomic E-state index is 12.6. The number of halogens is 1. The van der Waals surface area contributed by atoms with Crippen LogP contribution in [0.5, 0.6) is 0 Å². The third kappa shape index (κ3) is 4.37. The summed E-state index contributed by atoms with van der Waals surface area (Å²) in [5.41, 5.74) is 2.71. The first-order valence-corrected chi connectivity index (χ1v) is 8.77. The van der Waals surface area contributed by atoms with Crippen molar-refractivity contribution in [3.8, 4) is 11.3 Å². The molecule has 2 aromatic heterocycles. The van der Waals surface area contributed by atoms with Crippen LogP contribution in [-0.2, 0) is 0 Å². The lowest BCUT2D eigenvalue weighted by Crippen LogP contribution is -2.13. The van der Waals surface area contributed by atoms with E-state index in [0.29, 0.717) is 22.1 Å². The van der Waals surface area contributed by atoms with Crippen LogP contribution in [0, 0.1) is 0 Å². The Morgan fingerprint density at radius 1 is 1.08 bits per heavy atom. The molecule has 1 amide bonds. The van der Waals surface area contributed by atoms with E-state index in [1.54, 1.807) is 36.7 Å². The Balaban J connectivity index is 1.80. The number of amides is 1. The second-order valence-electron chi connectivity index (χ2n) is 5.72. The Labute approximate surface area is 157 Å². The third-order valence-electron chi connectivity index (χ3n) is 3.74. The van der Waals surface area contributed by atoms with Crippen molar-refractivity contribution in [2.45, 2.75) is 13.3 Å². The fourth-order valence-electron chi connectivity index (χ4n) is 2.45. The predicted octanol–water partition coefficient (Wildman–Crippen LogP) is 4.87. The monoisotopic (exact) mass is 366 g/mol. The van der Waals surface area contributed by atoms with Crippen molar-refractivity contribution >= 4 is 29.0 Å². The lowest BCUT2D eigenvalue weighted by molar-refractivity contribution is 0.102. The first kappa shape index (κ1) is 17.9. The topological polar surface area (TPSA) is 66.9 Å². The number of pyridine rings is 2. The van der Waals surface area contributed by atoms with Crippen LogP contribution in [0.4, 0.5) is 11.5 Å². The smallest absolute Gasteiger partial charge is 0.255 e. The summed E-state index contributed by atoms with van der Waals surface area (Å²) in [5, 5.41) is 6.65. The molecule has 0 atom stereocenters. The summed E-state index contributed by atoms with van der Waals surface area (Å²) in [6, 6.07) is 14.4. The van der Waals surface area contributed by atoms with Gasteiger partial charge in [0.15, 0.2) is 0 Å². The van der Waals surface area contributed by atoms with Crippen LogP contribution in [0.3, 0.4) is 0 Å². The van der Waals surface area contributed by atoms with Crippen LogP contribution < -0.4 is 10.6 Å². The van der Waals surface area contributed by atoms with Gasteiger partial charge in [0.1, 0.15) is 5.82 Å². The molecular formula is C20H19ClN4O. The number of hydrogen-bond acceptors (Lipinski definition) is 4. The van der Waals surface area contributed by atoms with Gasteiger partial charge in [-0.25, -0.2) is 4.98 Å². The maximum Gasteiger partial charge on any atom is 0.255 e. The van der Waals surface area contributed by atoms with Crippen LogP contribution in [0.1, 0.15) is 23.7 Å². The van der Waals surface area contributed by atoms with E-state index >= 15 is 0 Å². The Hall–Kier alpha value is -2.92. The highest BCUT2D eigenvalue weighted by Crippen LogP contribution is 2.29. The highest BCUT2D eigenvalue weighted by Gasteiger charge is 2.10. The molecule has 2 heterocycles. The van der Waals surface area contributed by atoms with Crippen molar-refractivity contribution in [2.75, 3.05) is 17.2 Å². The molecule has 0 bridgehead atoms. The first-order chi connectivity index (χ1) is 12.7. The Bertz CT molecular complexity index is 899. The van der Waals surface area contributed by atoms with Crippen LogP contribution in [0.15, 0.2) is 60.9 Å². The molecule has 1 aromatic carbocycles. The van der Waals surface area contributed by atoms with Crippen molar-refractivity contribution < 1.29 is 4.79 Å². The molecule has 2 N–H and O–H groups in total. The van der Waals surface area contributed by atoms with Gasteiger partial charge in [-0.05, 0) is 48.9 Å². The second kappa shape index (κ2) is 8.45. The summed E-state index contributed by atoms with van der Waals surface area (Å²) in [4.78, 5) is 21.1. The van der Waals surface area contributed by atoms with Crippen LogP contribution in [0.2, 0.25) is 5.02 Å². The average molecular weight is 367 g/mol. The number of nitrogens with one attached hydrogen (secondary N) is 2. The molecule has 0 unspecified atom stereocenters. The zero-order valence-corrected chi connectivity index (χ0v) is 15.1. The van der Waals surface area contributed by atoms with E-state index in [0.717, 1.165) is 24.2 Å². The van der Waals surface area contributed by atoms with E-state index in [4.69, 9.17) is 11.6 Å². The van der Waals surface area contributed by atoms with Crippen molar-refractivity contribution in [3.63, 3.8) is 0 Å². The maximum absolute atomic E-state index is 12.6. The van der Waals surface area contributed by atoms with Gasteiger partial charge in [-0.1, -0.05) is 24.6 Å². The van der Waals surface area contributed by atoms with Crippen molar-refractivity contribution in [1.29, 1.82) is 0 Å². The Morgan fingerprint density at radius 2 is 1.96 bits per heavy atom. The van der Waals surface area contributed by atoms with Gasteiger partial charge in [0, 0.05) is 35.8 Å². The molecule has 0 radical (unpaired) electrons. The molecule has 0 saturated carbocycles. The van der Waals surface area contributed by atoms with Crippen LogP contribution in [-0.4, -0.2) is 22.4 Å². The lowest BCUT2D eigenvalue weighted by atomic mass is 10.1. The molecule has 0 saturated heterocycles. The van der Waals surface area contributed by atoms with Gasteiger partial charge in [-0.3, -0.25) is 9.78 Å². The predicted molar refractivity (Wildman–Crippen MR) is 106 cm³/mol. The molecule has 0 aliphatic rings. The van der Waals surface area contributed by atoms with Gasteiger partial charge >= 0.3 is 0 Å². The third-order valence-corrected chi connectivity index (χ3v) is 4.07. The molecule has 0 aliphatic heterocycles. The van der Waals surface area contributed by atoms with Gasteiger partial charge < -0.3 is 10.6 Å². The number of hydrogen-bond donors (Lipinski definition) is 2. The van der Waals surface area contributed by atoms with Crippen molar-refractivity contribution in [1.82, 2.24) is 9.97 Å². The fourth-order valence-corrected chi connectivity index (χ4v) is 2.66. The number of rotatable bonds is 6. The minimum Gasteiger partial charge on any atom is -0.370 e. The number of anilines is 2. The normalized spacial score (nSPS) is 10.4. The lowest BCUT2D eigenvalue weighted by Gasteiger charge is -2.10. The summed E-state index contributed by atoms with van der Waals surface area (Å²) in [7, 11) is 0. The van der Waals surface area contributed by atoms with Crippen molar-refractivity contribution in [3.05, 3.63) is 71.5 Å². The number of carbonyl (C=O) groups excluding carboxylic acids is 1. The number of carbonyl (C=O) groups is 1. The summed E-state index contributed by atoms with van der Waals surface area (Å²) < 4.78 is 0. The molecule has 3 aromatic rings. The molecular weight excluding hydrogens is 348 g/mol. The minimum absolute atomic E-state index is 0.207. The largest absolute Gasteiger partial charge is 0.370 e. The standard InChI is InChI=1S/C20H19ClN4O/c1-2-9-23-19-12-14(8-11-24-19)20(26)25-15-6-7-17(21)16(13-15)18-5-3-4-10-22-18/h3-8,10-13H,2,9H2,1H3,(H,23,24)(H,25,26). The van der Waals surface area contributed by atoms with E-state index in [-0.39, 0.29) is 5.91 Å². The highest BCUT2D eigenvalue weighted by atomic mass is 35.5. The summed E-state index contributed by atoms with van der Waals surface area (Å²) in [5.74, 6) is 0.478. The van der Waals surface area contributed by atoms with E-state index in [9.17, 15) is 4.79 Å². The first-order valence-electron chi connectivity index (χ1n) is 8.39. The molecule has 3 rings (SSSR count). The van der Waals surface area contributed by atoms with E-state index in [2.05, 4.69) is 27.5 Å². The number of benzene rings is 1. The van der Waals surface area contributed by atoms with Gasteiger partial charge in [0.25, 0.3) is 5.91 Å². The number of nitrogens with zero attached hydrogens (tertiary/aromatic N) is 2. The summed E-state index contributed by atoms with van der Waals surface area (Å²) in [6.07, 6.45) is 4.31. The van der Waals surface area contributed by atoms with Gasteiger partial charge in [0.05, 0.1) is 10.7 Å². The van der Waals surface area contributed by atoms with Gasteiger partial charge in [-0.15, -0.1) is 0 Å². The summed E-state index contributed by atoms with van der Waals surface area (Å²) in [6.45, 7) is 2.88. The quantitative estimate of drug-likeness (QED) is 0.653. The molecule has 132 valence electrons. The molecule has 0 spiro atoms. The van der Waals surface area contributed by atoms with Crippen LogP contribution >= 0.6 is 11.6 Å². The molecule has 5 nitrogen and oxygen atoms in total. The van der Waals surface area contributed by atoms with E-state index in [1.807, 2.05) is 24.3 Å². The Morgan fingerprint density at radius 3 is 2.73 bits per heavy atom. The SMILES string of the molecule is CCCNc1cc(C(=O)Nc2ccc(Cl)c(-c3ccccn3)c2)ccn1. The fraction of sp³-hybridized carbons (Fsp3) is 0.150.